The highest BCUT2D eigenvalue weighted by atomic mass is 35.5. The van der Waals surface area contributed by atoms with Gasteiger partial charge in [0.15, 0.2) is 5.82 Å². The predicted octanol–water partition coefficient (Wildman–Crippen LogP) is 5.48. The second-order valence-electron chi connectivity index (χ2n) is 7.16. The van der Waals surface area contributed by atoms with Gasteiger partial charge in [-0.2, -0.15) is 11.3 Å². The number of benzene rings is 1. The summed E-state index contributed by atoms with van der Waals surface area (Å²) in [6.45, 7) is 2.64. The second-order valence-corrected chi connectivity index (χ2v) is 8.38. The van der Waals surface area contributed by atoms with Crippen LogP contribution in [0.15, 0.2) is 65.5 Å². The van der Waals surface area contributed by atoms with E-state index >= 15 is 0 Å². The predicted molar refractivity (Wildman–Crippen MR) is 118 cm³/mol. The first-order chi connectivity index (χ1) is 14.2. The van der Waals surface area contributed by atoms with Gasteiger partial charge in [0.25, 0.3) is 0 Å². The molecular formula is C23H19ClN4S. The Hall–Kier alpha value is -2.60. The monoisotopic (exact) mass is 418 g/mol. The molecule has 1 aliphatic heterocycles. The molecular weight excluding hydrogens is 400 g/mol. The zero-order valence-corrected chi connectivity index (χ0v) is 17.3. The van der Waals surface area contributed by atoms with Gasteiger partial charge in [0.1, 0.15) is 0 Å². The van der Waals surface area contributed by atoms with Crippen LogP contribution >= 0.6 is 22.9 Å². The van der Waals surface area contributed by atoms with E-state index < -0.39 is 0 Å². The van der Waals surface area contributed by atoms with Gasteiger partial charge in [0, 0.05) is 59.3 Å². The molecule has 29 heavy (non-hydrogen) atoms. The van der Waals surface area contributed by atoms with Gasteiger partial charge in [0.05, 0.1) is 17.1 Å². The number of fused-ring (bicyclic) bond motifs is 1. The Kier molecular flexibility index (Phi) is 5.10. The maximum absolute atomic E-state index is 5.98. The van der Waals surface area contributed by atoms with Crippen LogP contribution in [0.1, 0.15) is 17.0 Å². The summed E-state index contributed by atoms with van der Waals surface area (Å²) in [5.41, 5.74) is 6.65. The SMILES string of the molecule is Clc1ccc(-c2ncc3c(n2)CCN(Cc2cccc(-c4ccsc4)n2)C3)cc1. The summed E-state index contributed by atoms with van der Waals surface area (Å²) in [5.74, 6) is 0.763. The summed E-state index contributed by atoms with van der Waals surface area (Å²) in [4.78, 5) is 16.7. The molecule has 1 aliphatic rings. The average molecular weight is 419 g/mol. The summed E-state index contributed by atoms with van der Waals surface area (Å²) in [7, 11) is 0. The van der Waals surface area contributed by atoms with E-state index in [0.29, 0.717) is 0 Å². The number of halogens is 1. The van der Waals surface area contributed by atoms with Crippen LogP contribution in [-0.2, 0) is 19.5 Å². The van der Waals surface area contributed by atoms with Gasteiger partial charge < -0.3 is 0 Å². The van der Waals surface area contributed by atoms with Gasteiger partial charge in [-0.15, -0.1) is 0 Å². The average Bonchev–Trinajstić information content (AvgIpc) is 3.29. The van der Waals surface area contributed by atoms with Crippen molar-refractivity contribution >= 4 is 22.9 Å². The van der Waals surface area contributed by atoms with E-state index in [2.05, 4.69) is 44.9 Å². The van der Waals surface area contributed by atoms with Crippen LogP contribution < -0.4 is 0 Å². The molecule has 0 aliphatic carbocycles. The van der Waals surface area contributed by atoms with Gasteiger partial charge in [-0.1, -0.05) is 17.7 Å². The fourth-order valence-electron chi connectivity index (χ4n) is 3.62. The van der Waals surface area contributed by atoms with Crippen molar-refractivity contribution in [3.8, 4) is 22.6 Å². The number of thiophene rings is 1. The number of nitrogens with zero attached hydrogens (tertiary/aromatic N) is 4. The highest BCUT2D eigenvalue weighted by molar-refractivity contribution is 7.08. The molecule has 144 valence electrons. The fourth-order valence-corrected chi connectivity index (χ4v) is 4.39. The highest BCUT2D eigenvalue weighted by Crippen LogP contribution is 2.24. The van der Waals surface area contributed by atoms with Gasteiger partial charge in [-0.3, -0.25) is 9.88 Å². The third-order valence-corrected chi connectivity index (χ3v) is 6.06. The van der Waals surface area contributed by atoms with E-state index in [1.807, 2.05) is 30.5 Å². The number of pyridine rings is 1. The number of hydrogen-bond acceptors (Lipinski definition) is 5. The smallest absolute Gasteiger partial charge is 0.159 e. The third kappa shape index (κ3) is 4.08. The molecule has 0 unspecified atom stereocenters. The molecule has 0 saturated heterocycles. The van der Waals surface area contributed by atoms with Crippen molar-refractivity contribution in [2.45, 2.75) is 19.5 Å². The van der Waals surface area contributed by atoms with Gasteiger partial charge in [-0.25, -0.2) is 9.97 Å². The second kappa shape index (κ2) is 8.03. The molecule has 0 saturated carbocycles. The van der Waals surface area contributed by atoms with E-state index in [-0.39, 0.29) is 0 Å². The molecule has 0 atom stereocenters. The molecule has 5 rings (SSSR count). The summed E-state index contributed by atoms with van der Waals surface area (Å²) in [5, 5.41) is 4.95. The van der Waals surface area contributed by atoms with Crippen LogP contribution in [0.4, 0.5) is 0 Å². The van der Waals surface area contributed by atoms with E-state index in [0.717, 1.165) is 59.5 Å². The van der Waals surface area contributed by atoms with E-state index in [1.54, 1.807) is 11.3 Å². The maximum Gasteiger partial charge on any atom is 0.159 e. The number of hydrogen-bond donors (Lipinski definition) is 0. The zero-order valence-electron chi connectivity index (χ0n) is 15.8. The van der Waals surface area contributed by atoms with E-state index in [9.17, 15) is 0 Å². The Bertz CT molecular complexity index is 1130. The topological polar surface area (TPSA) is 41.9 Å². The Morgan fingerprint density at radius 2 is 1.90 bits per heavy atom. The summed E-state index contributed by atoms with van der Waals surface area (Å²) in [6.07, 6.45) is 2.89. The summed E-state index contributed by atoms with van der Waals surface area (Å²) in [6, 6.07) is 16.1. The third-order valence-electron chi connectivity index (χ3n) is 5.12. The lowest BCUT2D eigenvalue weighted by Crippen LogP contribution is -2.31. The lowest BCUT2D eigenvalue weighted by molar-refractivity contribution is 0.240. The minimum atomic E-state index is 0.721. The molecule has 0 amide bonds. The van der Waals surface area contributed by atoms with Crippen LogP contribution in [0.5, 0.6) is 0 Å². The number of rotatable bonds is 4. The molecule has 4 heterocycles. The fraction of sp³-hybridized carbons (Fsp3) is 0.174. The largest absolute Gasteiger partial charge is 0.293 e. The van der Waals surface area contributed by atoms with E-state index in [1.165, 1.54) is 11.1 Å². The minimum absolute atomic E-state index is 0.721. The molecule has 0 radical (unpaired) electrons. The maximum atomic E-state index is 5.98. The normalized spacial score (nSPS) is 14.0. The first kappa shape index (κ1) is 18.4. The quantitative estimate of drug-likeness (QED) is 0.440. The standard InChI is InChI=1S/C23H19ClN4S/c24-19-6-4-16(5-7-19)23-25-12-18-13-28(10-8-22(18)27-23)14-20-2-1-3-21(26-20)17-9-11-29-15-17/h1-7,9,11-12,15H,8,10,13-14H2. The molecule has 0 N–H and O–H groups in total. The Labute approximate surface area is 178 Å². The first-order valence-corrected chi connectivity index (χ1v) is 10.9. The Balaban J connectivity index is 1.31. The molecule has 0 bridgehead atoms. The van der Waals surface area contributed by atoms with Crippen molar-refractivity contribution in [2.75, 3.05) is 6.54 Å². The van der Waals surface area contributed by atoms with Crippen molar-refractivity contribution < 1.29 is 0 Å². The molecule has 1 aromatic carbocycles. The molecule has 4 aromatic rings. The molecule has 4 nitrogen and oxygen atoms in total. The minimum Gasteiger partial charge on any atom is -0.293 e. The van der Waals surface area contributed by atoms with Crippen molar-refractivity contribution in [1.29, 1.82) is 0 Å². The summed E-state index contributed by atoms with van der Waals surface area (Å²) >= 11 is 7.68. The molecule has 0 fully saturated rings. The van der Waals surface area contributed by atoms with Crippen molar-refractivity contribution in [2.24, 2.45) is 0 Å². The van der Waals surface area contributed by atoms with Crippen molar-refractivity contribution in [1.82, 2.24) is 19.9 Å². The zero-order chi connectivity index (χ0) is 19.6. The van der Waals surface area contributed by atoms with Crippen LogP contribution in [-0.4, -0.2) is 26.4 Å². The summed E-state index contributed by atoms with van der Waals surface area (Å²) < 4.78 is 0. The number of aromatic nitrogens is 3. The Morgan fingerprint density at radius 1 is 1.00 bits per heavy atom. The first-order valence-electron chi connectivity index (χ1n) is 9.56. The van der Waals surface area contributed by atoms with Crippen molar-refractivity contribution in [3.05, 3.63) is 87.5 Å². The molecule has 0 spiro atoms. The van der Waals surface area contributed by atoms with Crippen LogP contribution in [0.25, 0.3) is 22.6 Å². The van der Waals surface area contributed by atoms with Crippen molar-refractivity contribution in [3.63, 3.8) is 0 Å². The lowest BCUT2D eigenvalue weighted by atomic mass is 10.1. The lowest BCUT2D eigenvalue weighted by Gasteiger charge is -2.27. The van der Waals surface area contributed by atoms with Crippen LogP contribution in [0.2, 0.25) is 5.02 Å². The molecule has 6 heteroatoms. The van der Waals surface area contributed by atoms with Crippen LogP contribution in [0, 0.1) is 0 Å². The van der Waals surface area contributed by atoms with Gasteiger partial charge in [-0.05, 0) is 47.8 Å². The van der Waals surface area contributed by atoms with Crippen LogP contribution in [0.3, 0.4) is 0 Å². The van der Waals surface area contributed by atoms with Gasteiger partial charge >= 0.3 is 0 Å². The van der Waals surface area contributed by atoms with Gasteiger partial charge in [0.2, 0.25) is 0 Å². The molecule has 3 aromatic heterocycles. The van der Waals surface area contributed by atoms with E-state index in [4.69, 9.17) is 21.6 Å². The Morgan fingerprint density at radius 3 is 2.72 bits per heavy atom. The highest BCUT2D eigenvalue weighted by Gasteiger charge is 2.19.